The quantitative estimate of drug-likeness (QED) is 0.0546. The van der Waals surface area contributed by atoms with Crippen LogP contribution in [0.4, 0.5) is 18.9 Å². The monoisotopic (exact) mass is 1160 g/mol. The Morgan fingerprint density at radius 3 is 1.88 bits per heavy atom. The zero-order chi connectivity index (χ0) is 61.1. The zero-order valence-electron chi connectivity index (χ0n) is 48.6. The molecule has 16 heteroatoms. The lowest BCUT2D eigenvalue weighted by molar-refractivity contribution is -0.661. The van der Waals surface area contributed by atoms with Crippen molar-refractivity contribution < 1.29 is 60.2 Å². The average Bonchev–Trinajstić information content (AvgIpc) is 2.26. The Labute approximate surface area is 495 Å². The van der Waals surface area contributed by atoms with Crippen molar-refractivity contribution in [2.24, 2.45) is 28.2 Å². The lowest BCUT2D eigenvalue weighted by Crippen LogP contribution is -2.32. The van der Waals surface area contributed by atoms with Crippen molar-refractivity contribution in [2.45, 2.75) is 47.4 Å². The Morgan fingerprint density at radius 2 is 1.21 bits per heavy atom. The Hall–Kier alpha value is -9.80. The third-order valence-corrected chi connectivity index (χ3v) is 15.5. The van der Waals surface area contributed by atoms with Crippen LogP contribution in [0.25, 0.3) is 66.2 Å². The van der Waals surface area contributed by atoms with Gasteiger partial charge in [0.25, 0.3) is 12.2 Å². The number of carbonyl (C=O) groups is 3. The Bertz CT molecular complexity index is 4180. The summed E-state index contributed by atoms with van der Waals surface area (Å²) in [6.45, 7) is 11.1. The molecule has 1 aliphatic carbocycles. The van der Waals surface area contributed by atoms with Crippen molar-refractivity contribution in [1.29, 1.82) is 0 Å². The largest absolute Gasteiger partial charge is 0.493 e. The number of carbonyl (C=O) groups excluding carboxylic acids is 3. The van der Waals surface area contributed by atoms with Gasteiger partial charge in [0, 0.05) is 67.0 Å². The van der Waals surface area contributed by atoms with Crippen molar-refractivity contribution in [3.63, 3.8) is 0 Å². The minimum absolute atomic E-state index is 0.118. The number of hydrogen-bond donors (Lipinski definition) is 0. The molecule has 0 saturated carbocycles. The van der Waals surface area contributed by atoms with Gasteiger partial charge in [-0.1, -0.05) is 72.8 Å². The van der Waals surface area contributed by atoms with Crippen LogP contribution in [0.1, 0.15) is 60.3 Å². The first-order valence-electron chi connectivity index (χ1n) is 27.2. The predicted octanol–water partition coefficient (Wildman–Crippen LogP) is 13.8. The van der Waals surface area contributed by atoms with Gasteiger partial charge >= 0.3 is 6.18 Å². The van der Waals surface area contributed by atoms with E-state index in [4.69, 9.17) is 9.47 Å². The van der Waals surface area contributed by atoms with Gasteiger partial charge in [-0.3, -0.25) is 24.5 Å². The maximum atomic E-state index is 12.7. The van der Waals surface area contributed by atoms with Crippen LogP contribution in [-0.2, 0) is 50.5 Å². The van der Waals surface area contributed by atoms with Crippen LogP contribution >= 0.6 is 11.3 Å². The molecule has 5 aromatic carbocycles. The van der Waals surface area contributed by atoms with Gasteiger partial charge in [-0.05, 0) is 123 Å². The number of nitro groups is 1. The van der Waals surface area contributed by atoms with Gasteiger partial charge < -0.3 is 9.47 Å². The Balaban J connectivity index is 0.000000148. The molecular formula is C69H64F3N5O7S+4. The Kier molecular flexibility index (Phi) is 19.5. The summed E-state index contributed by atoms with van der Waals surface area (Å²) in [5.41, 5.74) is 14.6. The highest BCUT2D eigenvalue weighted by atomic mass is 32.1. The molecule has 85 heavy (non-hydrogen) atoms. The SMILES string of the molecule is CCOc1cc[n+](C)c(-c2cc3c(cc2C)C(=O)C=CC3=O)c1.Cc1cc(-c2ccccc2)ccc1-c1cccc[n+]1C.Cc1ccc(COC=O)cc1-c1ccc(C(F)(F)F)c[n+]1C.Cc1sc2ccccc2c1-c1cc([N+](=O)[O-])cc[n+]1C. The van der Waals surface area contributed by atoms with Crippen LogP contribution in [0.3, 0.4) is 0 Å². The topological polar surface area (TPSA) is 128 Å². The number of aromatic nitrogens is 4. The van der Waals surface area contributed by atoms with Gasteiger partial charge in [0.2, 0.25) is 22.8 Å². The summed E-state index contributed by atoms with van der Waals surface area (Å²) in [5, 5.41) is 12.1. The summed E-state index contributed by atoms with van der Waals surface area (Å²) >= 11 is 1.71. The number of pyridine rings is 4. The predicted molar refractivity (Wildman–Crippen MR) is 323 cm³/mol. The number of halogens is 3. The van der Waals surface area contributed by atoms with Crippen molar-refractivity contribution in [3.05, 3.63) is 249 Å². The fraction of sp³-hybridized carbons (Fsp3) is 0.174. The molecule has 5 aromatic heterocycles. The van der Waals surface area contributed by atoms with Gasteiger partial charge in [0.05, 0.1) is 35.3 Å². The molecule has 5 heterocycles. The molecule has 0 N–H and O–H groups in total. The fourth-order valence-electron chi connectivity index (χ4n) is 9.99. The standard InChI is InChI=1S/C19H18NO3.C19H18N.C16H15F3NO2.C15H13N2O2S/c1-4-23-13-7-8-20(3)17(10-13)14-11-16-15(9-12(14)2)18(21)5-6-19(16)22;1-15-14-17(16-8-4-3-5-9-16)11-12-18(15)19-10-6-7-13-20(19)2;1-11-3-4-12(9-22-10-21)7-14(11)15-6-5-13(8-20(15)2)16(17,18)19;1-10-15(12-5-3-4-6-14(12)20-10)13-9-11(17(18)19)7-8-16(13)2/h5-11H,4H2,1-3H3;3-14H,1-2H3;3-8,10H,9H2,1-2H3;3-9H,1-2H3/q4*+1. The van der Waals surface area contributed by atoms with Gasteiger partial charge in [0.1, 0.15) is 46.1 Å². The highest BCUT2D eigenvalue weighted by Gasteiger charge is 2.34. The maximum Gasteiger partial charge on any atom is 0.422 e. The minimum atomic E-state index is -4.37. The number of benzene rings is 5. The van der Waals surface area contributed by atoms with E-state index < -0.39 is 11.7 Å². The van der Waals surface area contributed by atoms with E-state index in [1.165, 1.54) is 66.4 Å². The third-order valence-electron chi connectivity index (χ3n) is 14.4. The van der Waals surface area contributed by atoms with Crippen LogP contribution < -0.4 is 23.0 Å². The molecule has 11 rings (SSSR count). The lowest BCUT2D eigenvalue weighted by atomic mass is 9.89. The first-order chi connectivity index (χ1) is 40.7. The molecule has 430 valence electrons. The van der Waals surface area contributed by atoms with Crippen LogP contribution in [0.2, 0.25) is 0 Å². The number of allylic oxidation sites excluding steroid dienone is 2. The van der Waals surface area contributed by atoms with Crippen LogP contribution in [0, 0.1) is 37.8 Å². The molecule has 0 aliphatic heterocycles. The van der Waals surface area contributed by atoms with E-state index in [0.29, 0.717) is 29.9 Å². The molecule has 10 aromatic rings. The molecule has 1 aliphatic rings. The summed E-state index contributed by atoms with van der Waals surface area (Å²) in [6.07, 6.45) is 5.10. The zero-order valence-corrected chi connectivity index (χ0v) is 49.4. The van der Waals surface area contributed by atoms with E-state index in [1.54, 1.807) is 48.8 Å². The molecule has 0 radical (unpaired) electrons. The molecule has 12 nitrogen and oxygen atoms in total. The molecule has 0 spiro atoms. The second-order valence-electron chi connectivity index (χ2n) is 20.3. The van der Waals surface area contributed by atoms with Crippen molar-refractivity contribution >= 4 is 45.1 Å². The summed E-state index contributed by atoms with van der Waals surface area (Å²) in [4.78, 5) is 46.1. The normalized spacial score (nSPS) is 11.5. The van der Waals surface area contributed by atoms with E-state index in [1.807, 2.05) is 86.6 Å². The maximum absolute atomic E-state index is 12.7. The number of nitrogens with zero attached hydrogens (tertiary/aromatic N) is 5. The molecule has 0 amide bonds. The summed E-state index contributed by atoms with van der Waals surface area (Å²) in [5.74, 6) is 0.520. The fourth-order valence-corrected chi connectivity index (χ4v) is 11.1. The first kappa shape index (κ1) is 61.3. The minimum Gasteiger partial charge on any atom is -0.493 e. The number of hydrogen-bond acceptors (Lipinski definition) is 8. The molecule has 0 fully saturated rings. The van der Waals surface area contributed by atoms with E-state index in [-0.39, 0.29) is 28.8 Å². The van der Waals surface area contributed by atoms with Crippen molar-refractivity contribution in [1.82, 2.24) is 0 Å². The molecule has 0 saturated heterocycles. The van der Waals surface area contributed by atoms with Gasteiger partial charge in [-0.15, -0.1) is 11.3 Å². The van der Waals surface area contributed by atoms with Crippen LogP contribution in [0.5, 0.6) is 5.75 Å². The van der Waals surface area contributed by atoms with Gasteiger partial charge in [0.15, 0.2) is 36.4 Å². The average molecular weight is 1160 g/mol. The molecular weight excluding hydrogens is 1100 g/mol. The highest BCUT2D eigenvalue weighted by Crippen LogP contribution is 2.38. The van der Waals surface area contributed by atoms with Crippen molar-refractivity contribution in [3.8, 4) is 61.9 Å². The summed E-state index contributed by atoms with van der Waals surface area (Å²) < 4.78 is 57.1. The van der Waals surface area contributed by atoms with E-state index >= 15 is 0 Å². The molecule has 0 unspecified atom stereocenters. The number of fused-ring (bicyclic) bond motifs is 2. The van der Waals surface area contributed by atoms with Gasteiger partial charge in [-0.25, -0.2) is 18.3 Å². The summed E-state index contributed by atoms with van der Waals surface area (Å²) in [6, 6.07) is 50.2. The lowest BCUT2D eigenvalue weighted by Gasteiger charge is -2.13. The van der Waals surface area contributed by atoms with E-state index in [0.717, 1.165) is 68.2 Å². The second-order valence-corrected chi connectivity index (χ2v) is 21.6. The first-order valence-corrected chi connectivity index (χ1v) is 28.0. The number of ketones is 2. The van der Waals surface area contributed by atoms with Crippen LogP contribution in [0.15, 0.2) is 195 Å². The number of ether oxygens (including phenoxy) is 2. The third kappa shape index (κ3) is 14.5. The van der Waals surface area contributed by atoms with Crippen molar-refractivity contribution in [2.75, 3.05) is 6.61 Å². The number of thiophene rings is 1. The Morgan fingerprint density at radius 1 is 0.576 bits per heavy atom. The summed E-state index contributed by atoms with van der Waals surface area (Å²) in [7, 11) is 7.50. The number of alkyl halides is 3. The molecule has 0 atom stereocenters. The smallest absolute Gasteiger partial charge is 0.422 e. The van der Waals surface area contributed by atoms with Crippen LogP contribution in [-0.4, -0.2) is 29.6 Å². The van der Waals surface area contributed by atoms with E-state index in [9.17, 15) is 37.7 Å². The second kappa shape index (κ2) is 27.1. The van der Waals surface area contributed by atoms with E-state index in [2.05, 4.69) is 111 Å². The number of rotatable bonds is 11. The van der Waals surface area contributed by atoms with Gasteiger partial charge in [-0.2, -0.15) is 13.2 Å². The molecule has 0 bridgehead atoms. The number of aryl methyl sites for hydroxylation is 8. The highest BCUT2D eigenvalue weighted by molar-refractivity contribution is 7.19.